The summed E-state index contributed by atoms with van der Waals surface area (Å²) in [5.74, 6) is -0.399. The van der Waals surface area contributed by atoms with Gasteiger partial charge in [-0.1, -0.05) is 31.4 Å². The number of ether oxygens (including phenoxy) is 2. The number of rotatable bonds is 4. The smallest absolute Gasteiger partial charge is 0.267 e. The van der Waals surface area contributed by atoms with Crippen LogP contribution in [0.2, 0.25) is 0 Å². The molecule has 0 unspecified atom stereocenters. The average Bonchev–Trinajstić information content (AvgIpc) is 3.44. The number of aromatic nitrogens is 3. The summed E-state index contributed by atoms with van der Waals surface area (Å²) in [4.78, 5) is 37.2. The summed E-state index contributed by atoms with van der Waals surface area (Å²) in [5, 5.41) is 0. The predicted molar refractivity (Wildman–Crippen MR) is 140 cm³/mol. The molecule has 0 radical (unpaired) electrons. The molecule has 7 rings (SSSR count). The lowest BCUT2D eigenvalue weighted by Crippen LogP contribution is -2.34. The van der Waals surface area contributed by atoms with Crippen molar-refractivity contribution in [1.82, 2.24) is 14.5 Å². The van der Waals surface area contributed by atoms with Crippen LogP contribution < -0.4 is 14.4 Å². The molecule has 0 bridgehead atoms. The fourth-order valence-corrected chi connectivity index (χ4v) is 7.39. The van der Waals surface area contributed by atoms with E-state index in [1.54, 1.807) is 34.9 Å². The van der Waals surface area contributed by atoms with Crippen molar-refractivity contribution in [2.75, 3.05) is 18.1 Å². The van der Waals surface area contributed by atoms with Gasteiger partial charge in [-0.2, -0.15) is 0 Å². The normalized spacial score (nSPS) is 17.6. The largest absolute Gasteiger partial charge is 0.486 e. The fourth-order valence-electron chi connectivity index (χ4n) is 5.81. The quantitative estimate of drug-likeness (QED) is 0.348. The van der Waals surface area contributed by atoms with Crippen LogP contribution in [0.5, 0.6) is 11.5 Å². The summed E-state index contributed by atoms with van der Waals surface area (Å²) in [6, 6.07) is 10.8. The van der Waals surface area contributed by atoms with Gasteiger partial charge in [-0.3, -0.25) is 9.59 Å². The lowest BCUT2D eigenvalue weighted by molar-refractivity contribution is 0.0922. The van der Waals surface area contributed by atoms with Crippen molar-refractivity contribution in [1.29, 1.82) is 0 Å². The van der Waals surface area contributed by atoms with Gasteiger partial charge in [-0.05, 0) is 37.1 Å². The van der Waals surface area contributed by atoms with Gasteiger partial charge in [0.15, 0.2) is 17.1 Å². The standard InChI is InChI=1S/C28H24N4O6S/c33-27-19-8-4-5-9-20(19)28(34)32(27)26-24(39(35,36)18-10-11-21-22(16-18)38-15-14-37-21)23-25(30-13-12-29-23)31(26)17-6-2-1-3-7-17/h4-5,8-13,16-17H,1-3,6-7,14-15H2. The fraction of sp³-hybridized carbons (Fsp3) is 0.286. The van der Waals surface area contributed by atoms with Crippen LogP contribution in [0.25, 0.3) is 11.2 Å². The van der Waals surface area contributed by atoms with Gasteiger partial charge >= 0.3 is 0 Å². The van der Waals surface area contributed by atoms with Crippen LogP contribution >= 0.6 is 0 Å². The van der Waals surface area contributed by atoms with Crippen molar-refractivity contribution in [3.8, 4) is 11.5 Å². The van der Waals surface area contributed by atoms with Gasteiger partial charge in [-0.15, -0.1) is 0 Å². The van der Waals surface area contributed by atoms with Crippen molar-refractivity contribution < 1.29 is 27.5 Å². The first-order valence-electron chi connectivity index (χ1n) is 12.9. The Hall–Kier alpha value is -4.25. The molecule has 2 amide bonds. The molecule has 4 heterocycles. The molecule has 10 nitrogen and oxygen atoms in total. The van der Waals surface area contributed by atoms with Crippen molar-refractivity contribution in [3.05, 3.63) is 66.0 Å². The van der Waals surface area contributed by atoms with Crippen LogP contribution in [-0.4, -0.2) is 48.0 Å². The Balaban J connectivity index is 1.52. The number of carbonyl (C=O) groups is 2. The van der Waals surface area contributed by atoms with E-state index < -0.39 is 21.7 Å². The number of hydrogen-bond donors (Lipinski definition) is 0. The molecule has 0 N–H and O–H groups in total. The van der Waals surface area contributed by atoms with E-state index in [4.69, 9.17) is 9.47 Å². The molecule has 2 aromatic carbocycles. The molecular weight excluding hydrogens is 520 g/mol. The third kappa shape index (κ3) is 3.56. The van der Waals surface area contributed by atoms with Crippen LogP contribution in [0, 0.1) is 0 Å². The second kappa shape index (κ2) is 8.91. The Labute approximate surface area is 224 Å². The van der Waals surface area contributed by atoms with E-state index in [-0.39, 0.29) is 38.3 Å². The number of sulfone groups is 1. The van der Waals surface area contributed by atoms with Gasteiger partial charge in [0.1, 0.15) is 29.4 Å². The van der Waals surface area contributed by atoms with Crippen molar-refractivity contribution in [2.45, 2.75) is 47.9 Å². The zero-order valence-electron chi connectivity index (χ0n) is 20.9. The zero-order chi connectivity index (χ0) is 26.7. The van der Waals surface area contributed by atoms with Crippen LogP contribution in [0.1, 0.15) is 58.9 Å². The second-order valence-corrected chi connectivity index (χ2v) is 11.7. The summed E-state index contributed by atoms with van der Waals surface area (Å²) in [6.07, 6.45) is 7.38. The molecular formula is C28H24N4O6S. The minimum atomic E-state index is -4.32. The molecule has 0 spiro atoms. The van der Waals surface area contributed by atoms with Crippen LogP contribution in [-0.2, 0) is 9.84 Å². The van der Waals surface area contributed by atoms with Gasteiger partial charge in [0.25, 0.3) is 11.8 Å². The summed E-state index contributed by atoms with van der Waals surface area (Å²) >= 11 is 0. The van der Waals surface area contributed by atoms with Crippen LogP contribution in [0.15, 0.2) is 64.6 Å². The number of hydrogen-bond acceptors (Lipinski definition) is 8. The maximum atomic E-state index is 14.5. The Morgan fingerprint density at radius 3 is 2.21 bits per heavy atom. The summed E-state index contributed by atoms with van der Waals surface area (Å²) in [5.41, 5.74) is 0.898. The number of imide groups is 1. The lowest BCUT2D eigenvalue weighted by Gasteiger charge is -2.28. The summed E-state index contributed by atoms with van der Waals surface area (Å²) < 4.78 is 41.9. The van der Waals surface area contributed by atoms with Crippen molar-refractivity contribution in [2.24, 2.45) is 0 Å². The first-order chi connectivity index (χ1) is 19.0. The molecule has 11 heteroatoms. The molecule has 198 valence electrons. The lowest BCUT2D eigenvalue weighted by atomic mass is 9.95. The molecule has 1 saturated carbocycles. The topological polar surface area (TPSA) is 121 Å². The maximum Gasteiger partial charge on any atom is 0.267 e. The van der Waals surface area contributed by atoms with Gasteiger partial charge in [0.05, 0.1) is 16.0 Å². The Kier molecular flexibility index (Phi) is 5.44. The van der Waals surface area contributed by atoms with E-state index in [0.717, 1.165) is 37.0 Å². The van der Waals surface area contributed by atoms with E-state index in [1.807, 2.05) is 0 Å². The number of benzene rings is 2. The molecule has 4 aromatic rings. The van der Waals surface area contributed by atoms with Gasteiger partial charge < -0.3 is 14.0 Å². The zero-order valence-corrected chi connectivity index (χ0v) is 21.7. The van der Waals surface area contributed by atoms with E-state index in [9.17, 15) is 18.0 Å². The SMILES string of the molecule is O=C1c2ccccc2C(=O)N1c1c(S(=O)(=O)c2ccc3c(c2)OCCO3)c2nccnc2n1C1CCCCC1. The molecule has 0 saturated heterocycles. The average molecular weight is 545 g/mol. The predicted octanol–water partition coefficient (Wildman–Crippen LogP) is 4.34. The number of carbonyl (C=O) groups excluding carboxylic acids is 2. The Bertz CT molecular complexity index is 1740. The number of amides is 2. The molecule has 39 heavy (non-hydrogen) atoms. The molecule has 2 aromatic heterocycles. The van der Waals surface area contributed by atoms with E-state index in [2.05, 4.69) is 9.97 Å². The summed E-state index contributed by atoms with van der Waals surface area (Å²) in [6.45, 7) is 0.663. The number of nitrogens with zero attached hydrogens (tertiary/aromatic N) is 4. The Morgan fingerprint density at radius 1 is 0.821 bits per heavy atom. The van der Waals surface area contributed by atoms with Gasteiger partial charge in [0, 0.05) is 24.5 Å². The monoisotopic (exact) mass is 544 g/mol. The third-order valence-electron chi connectivity index (χ3n) is 7.59. The number of anilines is 1. The Morgan fingerprint density at radius 2 is 1.49 bits per heavy atom. The molecule has 3 aliphatic rings. The molecule has 1 aliphatic carbocycles. The highest BCUT2D eigenvalue weighted by Crippen LogP contribution is 2.46. The second-order valence-electron chi connectivity index (χ2n) is 9.84. The highest BCUT2D eigenvalue weighted by Gasteiger charge is 2.44. The first-order valence-corrected chi connectivity index (χ1v) is 14.4. The van der Waals surface area contributed by atoms with Gasteiger partial charge in [-0.25, -0.2) is 23.3 Å². The first kappa shape index (κ1) is 23.8. The van der Waals surface area contributed by atoms with E-state index in [1.165, 1.54) is 24.5 Å². The van der Waals surface area contributed by atoms with Crippen molar-refractivity contribution in [3.63, 3.8) is 0 Å². The minimum Gasteiger partial charge on any atom is -0.486 e. The number of fused-ring (bicyclic) bond motifs is 3. The van der Waals surface area contributed by atoms with E-state index >= 15 is 0 Å². The highest BCUT2D eigenvalue weighted by molar-refractivity contribution is 7.92. The highest BCUT2D eigenvalue weighted by atomic mass is 32.2. The molecule has 2 aliphatic heterocycles. The third-order valence-corrected chi connectivity index (χ3v) is 9.38. The maximum absolute atomic E-state index is 14.5. The van der Waals surface area contributed by atoms with E-state index in [0.29, 0.717) is 30.4 Å². The van der Waals surface area contributed by atoms with Crippen LogP contribution in [0.4, 0.5) is 5.82 Å². The van der Waals surface area contributed by atoms with Crippen molar-refractivity contribution >= 4 is 38.6 Å². The van der Waals surface area contributed by atoms with Gasteiger partial charge in [0.2, 0.25) is 9.84 Å². The summed E-state index contributed by atoms with van der Waals surface area (Å²) in [7, 11) is -4.32. The van der Waals surface area contributed by atoms with Crippen LogP contribution in [0.3, 0.4) is 0 Å². The minimum absolute atomic E-state index is 0.0100. The molecule has 1 fully saturated rings. The molecule has 0 atom stereocenters.